The lowest BCUT2D eigenvalue weighted by Crippen LogP contribution is -2.39. The molecule has 1 unspecified atom stereocenters. The molecular formula is C23H29N3O5. The van der Waals surface area contributed by atoms with E-state index in [1.54, 1.807) is 33.5 Å². The standard InChI is InChI=1S/C23H29N3O5/c1-29-20-12-15(13-21(30-2)22(20)31-3)19(27)14-25-10-8-16(9-11-25)26-18-7-5-4-6-17(18)24-23(26)28/h4-7,12-13,16,19,27H,8-11,14H2,1-3H3,(H,24,28). The number of likely N-dealkylation sites (tertiary alicyclic amines) is 1. The number of nitrogens with zero attached hydrogens (tertiary/aromatic N) is 2. The van der Waals surface area contributed by atoms with Crippen molar-refractivity contribution in [3.05, 3.63) is 52.4 Å². The number of para-hydroxylation sites is 2. The van der Waals surface area contributed by atoms with E-state index in [2.05, 4.69) is 9.88 Å². The van der Waals surface area contributed by atoms with Gasteiger partial charge in [-0.15, -0.1) is 0 Å². The third-order valence-electron chi connectivity index (χ3n) is 6.05. The molecule has 0 radical (unpaired) electrons. The third-order valence-corrected chi connectivity index (χ3v) is 6.05. The highest BCUT2D eigenvalue weighted by Gasteiger charge is 2.26. The highest BCUT2D eigenvalue weighted by molar-refractivity contribution is 5.75. The number of fused-ring (bicyclic) bond motifs is 1. The number of hydrogen-bond acceptors (Lipinski definition) is 6. The van der Waals surface area contributed by atoms with Crippen LogP contribution in [0, 0.1) is 0 Å². The zero-order valence-corrected chi connectivity index (χ0v) is 18.1. The first kappa shape index (κ1) is 21.3. The summed E-state index contributed by atoms with van der Waals surface area (Å²) in [6.45, 7) is 2.10. The zero-order valence-electron chi connectivity index (χ0n) is 18.1. The van der Waals surface area contributed by atoms with Crippen molar-refractivity contribution in [3.63, 3.8) is 0 Å². The van der Waals surface area contributed by atoms with Gasteiger partial charge in [0.2, 0.25) is 5.75 Å². The number of rotatable bonds is 7. The van der Waals surface area contributed by atoms with Gasteiger partial charge in [-0.3, -0.25) is 4.57 Å². The molecule has 2 N–H and O–H groups in total. The smallest absolute Gasteiger partial charge is 0.326 e. The Bertz CT molecular complexity index is 1070. The number of ether oxygens (including phenoxy) is 3. The Morgan fingerprint density at radius 2 is 1.71 bits per heavy atom. The van der Waals surface area contributed by atoms with Gasteiger partial charge in [-0.25, -0.2) is 4.79 Å². The topological polar surface area (TPSA) is 89.0 Å². The summed E-state index contributed by atoms with van der Waals surface area (Å²) in [6.07, 6.45) is 1.01. The van der Waals surface area contributed by atoms with Crippen molar-refractivity contribution in [1.82, 2.24) is 14.5 Å². The number of nitrogens with one attached hydrogen (secondary N) is 1. The third kappa shape index (κ3) is 4.13. The first-order valence-electron chi connectivity index (χ1n) is 10.4. The molecule has 1 atom stereocenters. The van der Waals surface area contributed by atoms with E-state index in [1.807, 2.05) is 28.8 Å². The van der Waals surface area contributed by atoms with Crippen molar-refractivity contribution in [2.45, 2.75) is 25.0 Å². The highest BCUT2D eigenvalue weighted by Crippen LogP contribution is 2.40. The molecule has 0 amide bonds. The van der Waals surface area contributed by atoms with Gasteiger partial charge in [-0.1, -0.05) is 12.1 Å². The average Bonchev–Trinajstić information content (AvgIpc) is 3.14. The molecule has 0 bridgehead atoms. The molecular weight excluding hydrogens is 398 g/mol. The van der Waals surface area contributed by atoms with Crippen LogP contribution in [-0.2, 0) is 0 Å². The summed E-state index contributed by atoms with van der Waals surface area (Å²) in [4.78, 5) is 17.6. The predicted molar refractivity (Wildman–Crippen MR) is 118 cm³/mol. The number of piperidine rings is 1. The number of H-pyrrole nitrogens is 1. The predicted octanol–water partition coefficient (Wildman–Crippen LogP) is 2.73. The van der Waals surface area contributed by atoms with E-state index in [9.17, 15) is 9.90 Å². The second-order valence-corrected chi connectivity index (χ2v) is 7.82. The van der Waals surface area contributed by atoms with Gasteiger partial charge in [-0.05, 0) is 42.7 Å². The summed E-state index contributed by atoms with van der Waals surface area (Å²) in [7, 11) is 4.68. The highest BCUT2D eigenvalue weighted by atomic mass is 16.5. The van der Waals surface area contributed by atoms with Crippen LogP contribution in [0.2, 0.25) is 0 Å². The molecule has 1 saturated heterocycles. The normalized spacial score (nSPS) is 16.4. The lowest BCUT2D eigenvalue weighted by Gasteiger charge is -2.33. The van der Waals surface area contributed by atoms with Gasteiger partial charge in [0.15, 0.2) is 11.5 Å². The van der Waals surface area contributed by atoms with Gasteiger partial charge in [0.1, 0.15) is 0 Å². The molecule has 4 rings (SSSR count). The van der Waals surface area contributed by atoms with Crippen molar-refractivity contribution < 1.29 is 19.3 Å². The van der Waals surface area contributed by atoms with Crippen LogP contribution in [0.1, 0.15) is 30.6 Å². The van der Waals surface area contributed by atoms with Crippen LogP contribution in [0.5, 0.6) is 17.2 Å². The molecule has 31 heavy (non-hydrogen) atoms. The van der Waals surface area contributed by atoms with Crippen molar-refractivity contribution in [2.75, 3.05) is 41.0 Å². The minimum Gasteiger partial charge on any atom is -0.493 e. The molecule has 8 nitrogen and oxygen atoms in total. The number of benzene rings is 2. The summed E-state index contributed by atoms with van der Waals surface area (Å²) in [5.74, 6) is 1.55. The lowest BCUT2D eigenvalue weighted by atomic mass is 10.0. The molecule has 2 aromatic carbocycles. The van der Waals surface area contributed by atoms with E-state index in [0.29, 0.717) is 29.4 Å². The van der Waals surface area contributed by atoms with Crippen LogP contribution in [0.4, 0.5) is 0 Å². The Kier molecular flexibility index (Phi) is 6.20. The van der Waals surface area contributed by atoms with E-state index in [4.69, 9.17) is 14.2 Å². The molecule has 1 fully saturated rings. The monoisotopic (exact) mass is 427 g/mol. The average molecular weight is 428 g/mol. The second kappa shape index (κ2) is 9.03. The van der Waals surface area contributed by atoms with Crippen LogP contribution in [0.15, 0.2) is 41.2 Å². The summed E-state index contributed by atoms with van der Waals surface area (Å²) in [6, 6.07) is 11.5. The minimum absolute atomic E-state index is 0.0582. The quantitative estimate of drug-likeness (QED) is 0.603. The van der Waals surface area contributed by atoms with Gasteiger partial charge in [0.05, 0.1) is 38.5 Å². The number of aromatic nitrogens is 2. The SMILES string of the molecule is COc1cc(C(O)CN2CCC(n3c(=O)[nH]c4ccccc43)CC2)cc(OC)c1OC. The maximum absolute atomic E-state index is 12.5. The first-order chi connectivity index (χ1) is 15.0. The van der Waals surface area contributed by atoms with Gasteiger partial charge in [0, 0.05) is 25.7 Å². The largest absolute Gasteiger partial charge is 0.493 e. The fourth-order valence-corrected chi connectivity index (χ4v) is 4.44. The fraction of sp³-hybridized carbons (Fsp3) is 0.435. The van der Waals surface area contributed by atoms with Crippen molar-refractivity contribution in [2.24, 2.45) is 0 Å². The Labute approximate surface area is 181 Å². The Morgan fingerprint density at radius 1 is 1.06 bits per heavy atom. The minimum atomic E-state index is -0.693. The Morgan fingerprint density at radius 3 is 2.32 bits per heavy atom. The van der Waals surface area contributed by atoms with Gasteiger partial charge in [-0.2, -0.15) is 0 Å². The van der Waals surface area contributed by atoms with Gasteiger partial charge in [0.25, 0.3) is 0 Å². The second-order valence-electron chi connectivity index (χ2n) is 7.82. The molecule has 8 heteroatoms. The van der Waals surface area contributed by atoms with Gasteiger partial charge < -0.3 is 29.2 Å². The number of aliphatic hydroxyl groups is 1. The fourth-order valence-electron chi connectivity index (χ4n) is 4.44. The Balaban J connectivity index is 1.44. The number of methoxy groups -OCH3 is 3. The van der Waals surface area contributed by atoms with Crippen molar-refractivity contribution >= 4 is 11.0 Å². The summed E-state index contributed by atoms with van der Waals surface area (Å²) in [5, 5.41) is 10.9. The van der Waals surface area contributed by atoms with Crippen LogP contribution in [-0.4, -0.2) is 60.5 Å². The molecule has 1 aliphatic rings. The molecule has 2 heterocycles. The Hall–Kier alpha value is -2.97. The van der Waals surface area contributed by atoms with Crippen LogP contribution >= 0.6 is 0 Å². The number of β-amino-alcohol motifs (C(OH)–C–C–N with tert-alkyl or cyclic N) is 1. The molecule has 0 aliphatic carbocycles. The summed E-state index contributed by atoms with van der Waals surface area (Å²) >= 11 is 0. The first-order valence-corrected chi connectivity index (χ1v) is 10.4. The molecule has 1 aliphatic heterocycles. The molecule has 0 spiro atoms. The molecule has 0 saturated carbocycles. The number of imidazole rings is 1. The van der Waals surface area contributed by atoms with Crippen LogP contribution in [0.3, 0.4) is 0 Å². The zero-order chi connectivity index (χ0) is 22.0. The molecule has 1 aromatic heterocycles. The van der Waals surface area contributed by atoms with E-state index in [0.717, 1.165) is 37.0 Å². The lowest BCUT2D eigenvalue weighted by molar-refractivity contribution is 0.0903. The maximum Gasteiger partial charge on any atom is 0.326 e. The molecule has 3 aromatic rings. The van der Waals surface area contributed by atoms with Gasteiger partial charge >= 0.3 is 5.69 Å². The summed E-state index contributed by atoms with van der Waals surface area (Å²) in [5.41, 5.74) is 2.47. The van der Waals surface area contributed by atoms with E-state index in [1.165, 1.54) is 0 Å². The molecule has 166 valence electrons. The number of hydrogen-bond donors (Lipinski definition) is 2. The van der Waals surface area contributed by atoms with Crippen molar-refractivity contribution in [3.8, 4) is 17.2 Å². The maximum atomic E-state index is 12.5. The van der Waals surface area contributed by atoms with Crippen LogP contribution < -0.4 is 19.9 Å². The van der Waals surface area contributed by atoms with E-state index in [-0.39, 0.29) is 11.7 Å². The van der Waals surface area contributed by atoms with Crippen molar-refractivity contribution in [1.29, 1.82) is 0 Å². The number of aromatic amines is 1. The summed E-state index contributed by atoms with van der Waals surface area (Å²) < 4.78 is 18.0. The van der Waals surface area contributed by atoms with E-state index >= 15 is 0 Å². The van der Waals surface area contributed by atoms with Crippen LogP contribution in [0.25, 0.3) is 11.0 Å². The van der Waals surface area contributed by atoms with E-state index < -0.39 is 6.10 Å². The number of aliphatic hydroxyl groups excluding tert-OH is 1.